The van der Waals surface area contributed by atoms with E-state index < -0.39 is 5.97 Å². The van der Waals surface area contributed by atoms with Gasteiger partial charge < -0.3 is 15.3 Å². The standard InChI is InChI=1S/C5H12O2.C5H10O2/c1-5(2,3-6)4-7;1-4(2)3-5(6)7/h6-7H,3-4H2,1-2H3;4H,3H2,1-2H3,(H,6,7). The van der Waals surface area contributed by atoms with Crippen LogP contribution in [-0.2, 0) is 4.79 Å². The van der Waals surface area contributed by atoms with E-state index in [0.717, 1.165) is 0 Å². The van der Waals surface area contributed by atoms with Crippen LogP contribution in [0, 0.1) is 11.3 Å². The van der Waals surface area contributed by atoms with Gasteiger partial charge in [-0.05, 0) is 5.92 Å². The van der Waals surface area contributed by atoms with Gasteiger partial charge in [-0.1, -0.05) is 27.7 Å². The molecule has 0 spiro atoms. The van der Waals surface area contributed by atoms with Crippen molar-refractivity contribution in [1.82, 2.24) is 0 Å². The highest BCUT2D eigenvalue weighted by atomic mass is 16.4. The van der Waals surface area contributed by atoms with Crippen LogP contribution < -0.4 is 0 Å². The first kappa shape index (κ1) is 15.8. The van der Waals surface area contributed by atoms with Gasteiger partial charge in [-0.15, -0.1) is 0 Å². The Balaban J connectivity index is 0. The van der Waals surface area contributed by atoms with Crippen molar-refractivity contribution in [3.05, 3.63) is 0 Å². The first-order valence-corrected chi connectivity index (χ1v) is 4.68. The number of carboxylic acids is 1. The maximum Gasteiger partial charge on any atom is 0.303 e. The molecule has 14 heavy (non-hydrogen) atoms. The Bertz CT molecular complexity index is 146. The van der Waals surface area contributed by atoms with E-state index in [4.69, 9.17) is 15.3 Å². The van der Waals surface area contributed by atoms with E-state index in [-0.39, 0.29) is 31.0 Å². The summed E-state index contributed by atoms with van der Waals surface area (Å²) < 4.78 is 0. The van der Waals surface area contributed by atoms with Gasteiger partial charge in [0, 0.05) is 11.8 Å². The molecule has 0 aliphatic rings. The summed E-state index contributed by atoms with van der Waals surface area (Å²) in [5.74, 6) is -0.438. The van der Waals surface area contributed by atoms with Gasteiger partial charge in [0.15, 0.2) is 0 Å². The molecule has 3 N–H and O–H groups in total. The van der Waals surface area contributed by atoms with Crippen molar-refractivity contribution in [2.45, 2.75) is 34.1 Å². The molecule has 0 fully saturated rings. The van der Waals surface area contributed by atoms with Crippen molar-refractivity contribution in [2.75, 3.05) is 13.2 Å². The molecule has 0 aliphatic heterocycles. The van der Waals surface area contributed by atoms with Crippen molar-refractivity contribution < 1.29 is 20.1 Å². The molecular weight excluding hydrogens is 184 g/mol. The second-order valence-corrected chi connectivity index (χ2v) is 4.47. The molecule has 0 atom stereocenters. The molecule has 4 heteroatoms. The summed E-state index contributed by atoms with van der Waals surface area (Å²) in [7, 11) is 0. The van der Waals surface area contributed by atoms with Gasteiger partial charge in [0.25, 0.3) is 0 Å². The number of aliphatic hydroxyl groups is 2. The average Bonchev–Trinajstić information content (AvgIpc) is 2.03. The Kier molecular flexibility index (Phi) is 8.79. The summed E-state index contributed by atoms with van der Waals surface area (Å²) in [6.07, 6.45) is 0.278. The molecule has 0 aromatic heterocycles. The molecule has 0 saturated heterocycles. The Morgan fingerprint density at radius 1 is 1.21 bits per heavy atom. The first-order valence-electron chi connectivity index (χ1n) is 4.68. The van der Waals surface area contributed by atoms with E-state index in [0.29, 0.717) is 0 Å². The molecule has 4 nitrogen and oxygen atoms in total. The molecule has 0 amide bonds. The quantitative estimate of drug-likeness (QED) is 0.644. The van der Waals surface area contributed by atoms with Crippen LogP contribution >= 0.6 is 0 Å². The molecule has 0 aromatic rings. The fourth-order valence-electron chi connectivity index (χ4n) is 0.399. The number of carbonyl (C=O) groups is 1. The third-order valence-electron chi connectivity index (χ3n) is 1.44. The van der Waals surface area contributed by atoms with Crippen molar-refractivity contribution in [2.24, 2.45) is 11.3 Å². The zero-order valence-electron chi connectivity index (χ0n) is 9.45. The highest BCUT2D eigenvalue weighted by Gasteiger charge is 2.13. The summed E-state index contributed by atoms with van der Waals surface area (Å²) in [6.45, 7) is 7.45. The molecule has 0 bridgehead atoms. The van der Waals surface area contributed by atoms with Gasteiger partial charge in [-0.25, -0.2) is 0 Å². The smallest absolute Gasteiger partial charge is 0.303 e. The van der Waals surface area contributed by atoms with Crippen molar-refractivity contribution in [1.29, 1.82) is 0 Å². The van der Waals surface area contributed by atoms with Gasteiger partial charge in [0.05, 0.1) is 13.2 Å². The van der Waals surface area contributed by atoms with E-state index in [2.05, 4.69) is 0 Å². The summed E-state index contributed by atoms with van der Waals surface area (Å²) in [6, 6.07) is 0. The maximum atomic E-state index is 9.81. The van der Waals surface area contributed by atoms with Crippen LogP contribution in [0.25, 0.3) is 0 Å². The second-order valence-electron chi connectivity index (χ2n) is 4.47. The highest BCUT2D eigenvalue weighted by molar-refractivity contribution is 5.66. The Labute approximate surface area is 85.6 Å². The lowest BCUT2D eigenvalue weighted by Crippen LogP contribution is -2.20. The van der Waals surface area contributed by atoms with Gasteiger partial charge >= 0.3 is 5.97 Å². The van der Waals surface area contributed by atoms with Crippen LogP contribution in [0.3, 0.4) is 0 Å². The molecule has 0 saturated carbocycles. The molecule has 0 aliphatic carbocycles. The van der Waals surface area contributed by atoms with Gasteiger partial charge in [-0.2, -0.15) is 0 Å². The molecule has 0 aromatic carbocycles. The van der Waals surface area contributed by atoms with Crippen LogP contribution in [0.1, 0.15) is 34.1 Å². The SMILES string of the molecule is CC(C)(CO)CO.CC(C)CC(=O)O. The molecule has 0 radical (unpaired) electrons. The Morgan fingerprint density at radius 3 is 1.57 bits per heavy atom. The fraction of sp³-hybridized carbons (Fsp3) is 0.900. The van der Waals surface area contributed by atoms with Crippen molar-refractivity contribution in [3.63, 3.8) is 0 Å². The van der Waals surface area contributed by atoms with Gasteiger partial charge in [0.2, 0.25) is 0 Å². The lowest BCUT2D eigenvalue weighted by atomic mass is 9.97. The third-order valence-corrected chi connectivity index (χ3v) is 1.44. The lowest BCUT2D eigenvalue weighted by Gasteiger charge is -2.16. The number of hydrogen-bond acceptors (Lipinski definition) is 3. The second kappa shape index (κ2) is 7.76. The number of hydrogen-bond donors (Lipinski definition) is 3. The summed E-state index contributed by atoms with van der Waals surface area (Å²) in [4.78, 5) is 9.81. The van der Waals surface area contributed by atoms with Crippen LogP contribution in [0.15, 0.2) is 0 Å². The minimum Gasteiger partial charge on any atom is -0.481 e. The molecule has 86 valence electrons. The molecule has 0 unspecified atom stereocenters. The fourth-order valence-corrected chi connectivity index (χ4v) is 0.399. The van der Waals surface area contributed by atoms with E-state index in [1.54, 1.807) is 13.8 Å². The van der Waals surface area contributed by atoms with E-state index in [9.17, 15) is 4.79 Å². The number of aliphatic carboxylic acids is 1. The summed E-state index contributed by atoms with van der Waals surface area (Å²) in [5.41, 5.74) is -0.306. The zero-order chi connectivity index (χ0) is 11.8. The number of carboxylic acid groups (broad SMARTS) is 1. The summed E-state index contributed by atoms with van der Waals surface area (Å²) >= 11 is 0. The number of rotatable bonds is 4. The topological polar surface area (TPSA) is 77.8 Å². The minimum absolute atomic E-state index is 0.0451. The van der Waals surface area contributed by atoms with Crippen molar-refractivity contribution >= 4 is 5.97 Å². The van der Waals surface area contributed by atoms with Crippen LogP contribution in [0.4, 0.5) is 0 Å². The summed E-state index contributed by atoms with van der Waals surface area (Å²) in [5, 5.41) is 25.0. The largest absolute Gasteiger partial charge is 0.481 e. The van der Waals surface area contributed by atoms with Crippen LogP contribution in [-0.4, -0.2) is 34.5 Å². The molecular formula is C10H22O4. The van der Waals surface area contributed by atoms with E-state index in [1.807, 2.05) is 13.8 Å². The van der Waals surface area contributed by atoms with E-state index in [1.165, 1.54) is 0 Å². The third kappa shape index (κ3) is 13.9. The highest BCUT2D eigenvalue weighted by Crippen LogP contribution is 2.10. The number of aliphatic hydroxyl groups excluding tert-OH is 2. The van der Waals surface area contributed by atoms with Gasteiger partial charge in [0.1, 0.15) is 0 Å². The monoisotopic (exact) mass is 206 g/mol. The van der Waals surface area contributed by atoms with Crippen molar-refractivity contribution in [3.8, 4) is 0 Å². The normalized spacial score (nSPS) is 10.8. The van der Waals surface area contributed by atoms with E-state index >= 15 is 0 Å². The predicted molar refractivity (Wildman–Crippen MR) is 55.0 cm³/mol. The zero-order valence-corrected chi connectivity index (χ0v) is 9.45. The molecule has 0 rings (SSSR count). The Morgan fingerprint density at radius 2 is 1.57 bits per heavy atom. The maximum absolute atomic E-state index is 9.81. The van der Waals surface area contributed by atoms with Gasteiger partial charge in [-0.3, -0.25) is 4.79 Å². The first-order chi connectivity index (χ1) is 6.25. The average molecular weight is 206 g/mol. The lowest BCUT2D eigenvalue weighted by molar-refractivity contribution is -0.137. The minimum atomic E-state index is -0.713. The molecule has 0 heterocycles. The van der Waals surface area contributed by atoms with Crippen LogP contribution in [0.5, 0.6) is 0 Å². The Hall–Kier alpha value is -0.610. The van der Waals surface area contributed by atoms with Crippen LogP contribution in [0.2, 0.25) is 0 Å². The predicted octanol–water partition coefficient (Wildman–Crippen LogP) is 1.11.